The quantitative estimate of drug-likeness (QED) is 0.783. The van der Waals surface area contributed by atoms with E-state index in [9.17, 15) is 9.59 Å². The highest BCUT2D eigenvalue weighted by molar-refractivity contribution is 5.92. The van der Waals surface area contributed by atoms with Gasteiger partial charge in [0.05, 0.1) is 10.8 Å². The molecule has 0 radical (unpaired) electrons. The van der Waals surface area contributed by atoms with Gasteiger partial charge in [0, 0.05) is 11.7 Å². The van der Waals surface area contributed by atoms with Crippen molar-refractivity contribution in [2.75, 3.05) is 5.32 Å². The molecule has 0 aliphatic heterocycles. The van der Waals surface area contributed by atoms with E-state index < -0.39 is 0 Å². The van der Waals surface area contributed by atoms with Gasteiger partial charge in [0.1, 0.15) is 0 Å². The second-order valence-corrected chi connectivity index (χ2v) is 5.36. The zero-order valence-corrected chi connectivity index (χ0v) is 10.8. The number of rotatable bonds is 4. The number of hydrogen-bond acceptors (Lipinski definition) is 3. The van der Waals surface area contributed by atoms with Crippen LogP contribution in [0.1, 0.15) is 26.2 Å². The Hall–Kier alpha value is -2.04. The molecule has 5 heteroatoms. The topological polar surface area (TPSA) is 77.8 Å². The predicted molar refractivity (Wildman–Crippen MR) is 75.6 cm³/mol. The van der Waals surface area contributed by atoms with Gasteiger partial charge in [-0.05, 0) is 31.4 Å². The maximum atomic E-state index is 11.9. The molecule has 1 aromatic carbocycles. The minimum absolute atomic E-state index is 0.267. The van der Waals surface area contributed by atoms with Crippen molar-refractivity contribution in [3.63, 3.8) is 0 Å². The van der Waals surface area contributed by atoms with Crippen molar-refractivity contribution in [3.05, 3.63) is 38.9 Å². The molecule has 100 valence electrons. The molecule has 19 heavy (non-hydrogen) atoms. The first kappa shape index (κ1) is 12.0. The van der Waals surface area contributed by atoms with Crippen molar-refractivity contribution in [2.24, 2.45) is 5.92 Å². The van der Waals surface area contributed by atoms with E-state index in [1.807, 2.05) is 6.07 Å². The lowest BCUT2D eigenvalue weighted by Crippen LogP contribution is -2.22. The van der Waals surface area contributed by atoms with Crippen molar-refractivity contribution in [3.8, 4) is 0 Å². The van der Waals surface area contributed by atoms with Gasteiger partial charge < -0.3 is 5.32 Å². The second-order valence-electron chi connectivity index (χ2n) is 5.36. The summed E-state index contributed by atoms with van der Waals surface area (Å²) in [5.74, 6) is 0.819. The van der Waals surface area contributed by atoms with Gasteiger partial charge >= 0.3 is 0 Å². The van der Waals surface area contributed by atoms with Gasteiger partial charge in [-0.15, -0.1) is 0 Å². The Balaban J connectivity index is 2.00. The molecule has 0 amide bonds. The molecule has 0 spiro atoms. The molecule has 1 unspecified atom stereocenters. The van der Waals surface area contributed by atoms with Gasteiger partial charge in [-0.25, -0.2) is 0 Å². The number of hydrogen-bond donors (Lipinski definition) is 3. The summed E-state index contributed by atoms with van der Waals surface area (Å²) in [4.78, 5) is 23.6. The lowest BCUT2D eigenvalue weighted by molar-refractivity contribution is 0.642. The summed E-state index contributed by atoms with van der Waals surface area (Å²) in [5.41, 5.74) is 0.197. The van der Waals surface area contributed by atoms with Gasteiger partial charge in [-0.1, -0.05) is 18.9 Å². The van der Waals surface area contributed by atoms with Crippen LogP contribution in [0.2, 0.25) is 0 Å². The highest BCUT2D eigenvalue weighted by atomic mass is 16.1. The molecule has 3 N–H and O–H groups in total. The van der Waals surface area contributed by atoms with Crippen molar-refractivity contribution in [1.82, 2.24) is 10.2 Å². The third-order valence-electron chi connectivity index (χ3n) is 3.61. The van der Waals surface area contributed by atoms with Crippen LogP contribution in [0.25, 0.3) is 10.8 Å². The molecule has 1 aromatic heterocycles. The zero-order valence-electron chi connectivity index (χ0n) is 10.8. The molecule has 1 aliphatic rings. The van der Waals surface area contributed by atoms with Gasteiger partial charge in [-0.3, -0.25) is 19.8 Å². The molecule has 1 aliphatic carbocycles. The predicted octanol–water partition coefficient (Wildman–Crippen LogP) is 1.82. The van der Waals surface area contributed by atoms with Crippen LogP contribution in [0.15, 0.2) is 27.8 Å². The largest absolute Gasteiger partial charge is 0.382 e. The maximum Gasteiger partial charge on any atom is 0.272 e. The van der Waals surface area contributed by atoms with Crippen LogP contribution in [0.4, 0.5) is 5.69 Å². The molecular weight excluding hydrogens is 242 g/mol. The second kappa shape index (κ2) is 4.57. The fourth-order valence-electron chi connectivity index (χ4n) is 2.53. The number of nitrogens with one attached hydrogen (secondary N) is 3. The molecule has 1 saturated carbocycles. The Labute approximate surface area is 110 Å². The number of aromatic nitrogens is 2. The molecule has 0 saturated heterocycles. The van der Waals surface area contributed by atoms with E-state index in [0.717, 1.165) is 18.0 Å². The van der Waals surface area contributed by atoms with Crippen molar-refractivity contribution in [1.29, 1.82) is 0 Å². The van der Waals surface area contributed by atoms with E-state index in [1.54, 1.807) is 12.1 Å². The smallest absolute Gasteiger partial charge is 0.272 e. The maximum absolute atomic E-state index is 11.9. The Kier molecular flexibility index (Phi) is 2.89. The summed E-state index contributed by atoms with van der Waals surface area (Å²) < 4.78 is 0. The monoisotopic (exact) mass is 259 g/mol. The van der Waals surface area contributed by atoms with Crippen LogP contribution in [0.3, 0.4) is 0 Å². The SMILES string of the molecule is CC(CC1CC1)Nc1cccc2c(=O)[nH][nH]c(=O)c12. The van der Waals surface area contributed by atoms with Gasteiger partial charge in [0.25, 0.3) is 11.1 Å². The van der Waals surface area contributed by atoms with E-state index in [2.05, 4.69) is 22.4 Å². The normalized spacial score (nSPS) is 16.5. The summed E-state index contributed by atoms with van der Waals surface area (Å²) in [6, 6.07) is 5.61. The molecular formula is C14H17N3O2. The van der Waals surface area contributed by atoms with Gasteiger partial charge in [-0.2, -0.15) is 0 Å². The number of fused-ring (bicyclic) bond motifs is 1. The Morgan fingerprint density at radius 3 is 2.74 bits per heavy atom. The zero-order chi connectivity index (χ0) is 13.4. The lowest BCUT2D eigenvalue weighted by atomic mass is 10.1. The van der Waals surface area contributed by atoms with Crippen molar-refractivity contribution < 1.29 is 0 Å². The Morgan fingerprint density at radius 2 is 2.00 bits per heavy atom. The molecule has 0 bridgehead atoms. The van der Waals surface area contributed by atoms with Crippen molar-refractivity contribution in [2.45, 2.75) is 32.2 Å². The van der Waals surface area contributed by atoms with Crippen LogP contribution >= 0.6 is 0 Å². The molecule has 2 aromatic rings. The molecule has 1 atom stereocenters. The first-order chi connectivity index (χ1) is 9.15. The first-order valence-corrected chi connectivity index (χ1v) is 6.65. The fourth-order valence-corrected chi connectivity index (χ4v) is 2.53. The number of aromatic amines is 2. The lowest BCUT2D eigenvalue weighted by Gasteiger charge is -2.15. The standard InChI is InChI=1S/C14H17N3O2/c1-8(7-9-5-6-9)15-11-4-2-3-10-12(11)14(19)17-16-13(10)18/h2-4,8-9,15H,5-7H2,1H3,(H,16,18)(H,17,19). The molecule has 3 rings (SSSR count). The first-order valence-electron chi connectivity index (χ1n) is 6.65. The van der Waals surface area contributed by atoms with E-state index >= 15 is 0 Å². The van der Waals surface area contributed by atoms with E-state index in [4.69, 9.17) is 0 Å². The Bertz CT molecular complexity index is 712. The van der Waals surface area contributed by atoms with Crippen LogP contribution < -0.4 is 16.4 Å². The van der Waals surface area contributed by atoms with E-state index in [-0.39, 0.29) is 11.1 Å². The third kappa shape index (κ3) is 2.41. The summed E-state index contributed by atoms with van der Waals surface area (Å²) in [5, 5.41) is 8.93. The van der Waals surface area contributed by atoms with Crippen LogP contribution in [-0.4, -0.2) is 16.2 Å². The van der Waals surface area contributed by atoms with Crippen LogP contribution in [0, 0.1) is 5.92 Å². The fraction of sp³-hybridized carbons (Fsp3) is 0.429. The number of anilines is 1. The minimum atomic E-state index is -0.270. The summed E-state index contributed by atoms with van der Waals surface area (Å²) in [6.45, 7) is 2.11. The minimum Gasteiger partial charge on any atom is -0.382 e. The average Bonchev–Trinajstić information content (AvgIpc) is 3.18. The number of benzene rings is 1. The molecule has 5 nitrogen and oxygen atoms in total. The van der Waals surface area contributed by atoms with E-state index in [0.29, 0.717) is 16.8 Å². The average molecular weight is 259 g/mol. The number of H-pyrrole nitrogens is 2. The summed E-state index contributed by atoms with van der Waals surface area (Å²) in [7, 11) is 0. The van der Waals surface area contributed by atoms with E-state index in [1.165, 1.54) is 12.8 Å². The van der Waals surface area contributed by atoms with Gasteiger partial charge in [0.2, 0.25) is 0 Å². The van der Waals surface area contributed by atoms with Gasteiger partial charge in [0.15, 0.2) is 0 Å². The molecule has 1 heterocycles. The van der Waals surface area contributed by atoms with Crippen LogP contribution in [0.5, 0.6) is 0 Å². The summed E-state index contributed by atoms with van der Waals surface area (Å²) >= 11 is 0. The highest BCUT2D eigenvalue weighted by Gasteiger charge is 2.23. The molecule has 1 fully saturated rings. The third-order valence-corrected chi connectivity index (χ3v) is 3.61. The van der Waals surface area contributed by atoms with Crippen molar-refractivity contribution >= 4 is 16.5 Å². The van der Waals surface area contributed by atoms with Crippen LogP contribution in [-0.2, 0) is 0 Å². The summed E-state index contributed by atoms with van der Waals surface area (Å²) in [6.07, 6.45) is 3.72. The Morgan fingerprint density at radius 1 is 1.26 bits per heavy atom. The highest BCUT2D eigenvalue weighted by Crippen LogP contribution is 2.34.